The van der Waals surface area contributed by atoms with Gasteiger partial charge in [0.05, 0.1) is 11.3 Å². The van der Waals surface area contributed by atoms with Gasteiger partial charge in [-0.25, -0.2) is 4.79 Å². The zero-order valence-corrected chi connectivity index (χ0v) is 24.6. The number of ether oxygens (including phenoxy) is 5. The molecular formula is C27H31N3O11S. The predicted molar refractivity (Wildman–Crippen MR) is 150 cm³/mol. The molecule has 1 aromatic carbocycles. The van der Waals surface area contributed by atoms with Crippen LogP contribution in [0.25, 0.3) is 11.0 Å². The van der Waals surface area contributed by atoms with Crippen LogP contribution in [0.15, 0.2) is 38.6 Å². The number of hydrazone groups is 1. The summed E-state index contributed by atoms with van der Waals surface area (Å²) < 4.78 is 32.5. The maximum Gasteiger partial charge on any atom is 0.345 e. The molecule has 14 nitrogen and oxygen atoms in total. The minimum Gasteiger partial charge on any atom is -0.463 e. The minimum atomic E-state index is -1.37. The van der Waals surface area contributed by atoms with Gasteiger partial charge in [-0.2, -0.15) is 5.10 Å². The van der Waals surface area contributed by atoms with Crippen molar-refractivity contribution in [3.05, 3.63) is 45.8 Å². The Balaban J connectivity index is 1.87. The van der Waals surface area contributed by atoms with Crippen LogP contribution in [0.3, 0.4) is 0 Å². The number of nitrogens with one attached hydrogen (secondary N) is 2. The van der Waals surface area contributed by atoms with Gasteiger partial charge >= 0.3 is 29.5 Å². The summed E-state index contributed by atoms with van der Waals surface area (Å²) in [6.45, 7) is 7.60. The highest BCUT2D eigenvalue weighted by molar-refractivity contribution is 7.80. The Morgan fingerprint density at radius 1 is 0.905 bits per heavy atom. The average molecular weight is 606 g/mol. The first-order valence-electron chi connectivity index (χ1n) is 12.7. The number of fused-ring (bicyclic) bond motifs is 1. The molecule has 1 aromatic heterocycles. The van der Waals surface area contributed by atoms with Gasteiger partial charge < -0.3 is 33.4 Å². The van der Waals surface area contributed by atoms with E-state index in [9.17, 15) is 24.0 Å². The lowest BCUT2D eigenvalue weighted by molar-refractivity contribution is -0.254. The fourth-order valence-electron chi connectivity index (χ4n) is 4.20. The Morgan fingerprint density at radius 3 is 2.14 bits per heavy atom. The highest BCUT2D eigenvalue weighted by atomic mass is 32.1. The van der Waals surface area contributed by atoms with Gasteiger partial charge in [-0.15, -0.1) is 0 Å². The number of hydrogen-bond donors (Lipinski definition) is 2. The zero-order chi connectivity index (χ0) is 31.1. The van der Waals surface area contributed by atoms with E-state index in [-0.39, 0.29) is 16.4 Å². The van der Waals surface area contributed by atoms with Gasteiger partial charge in [0, 0.05) is 33.1 Å². The highest BCUT2D eigenvalue weighted by Gasteiger charge is 2.52. The molecule has 1 aliphatic heterocycles. The molecule has 3 rings (SSSR count). The van der Waals surface area contributed by atoms with Crippen molar-refractivity contribution in [1.29, 1.82) is 0 Å². The van der Waals surface area contributed by atoms with Crippen LogP contribution >= 0.6 is 12.2 Å². The maximum atomic E-state index is 12.5. The van der Waals surface area contributed by atoms with E-state index in [0.29, 0.717) is 11.0 Å². The van der Waals surface area contributed by atoms with E-state index < -0.39 is 66.8 Å². The van der Waals surface area contributed by atoms with Crippen molar-refractivity contribution >= 4 is 57.9 Å². The smallest absolute Gasteiger partial charge is 0.345 e. The van der Waals surface area contributed by atoms with Gasteiger partial charge in [0.25, 0.3) is 0 Å². The Hall–Kier alpha value is -4.37. The number of esters is 4. The first kappa shape index (κ1) is 32.1. The number of thiocarbonyl (C=S) groups is 1. The summed E-state index contributed by atoms with van der Waals surface area (Å²) in [5, 5.41) is 7.48. The Morgan fingerprint density at radius 2 is 1.52 bits per heavy atom. The van der Waals surface area contributed by atoms with Gasteiger partial charge in [0.2, 0.25) is 0 Å². The average Bonchev–Trinajstić information content (AvgIpc) is 2.88. The molecule has 0 amide bonds. The van der Waals surface area contributed by atoms with Crippen molar-refractivity contribution in [2.45, 2.75) is 72.2 Å². The third kappa shape index (κ3) is 8.57. The van der Waals surface area contributed by atoms with Crippen LogP contribution < -0.4 is 16.4 Å². The molecule has 1 fully saturated rings. The Labute approximate surface area is 245 Å². The first-order valence-corrected chi connectivity index (χ1v) is 13.1. The summed E-state index contributed by atoms with van der Waals surface area (Å²) in [5.74, 6) is -2.94. The lowest BCUT2D eigenvalue weighted by Crippen LogP contribution is -2.66. The number of hydrogen-bond acceptors (Lipinski definition) is 13. The van der Waals surface area contributed by atoms with E-state index in [2.05, 4.69) is 15.8 Å². The lowest BCUT2D eigenvalue weighted by atomic mass is 9.97. The second-order valence-corrected chi connectivity index (χ2v) is 9.80. The van der Waals surface area contributed by atoms with Crippen molar-refractivity contribution in [3.8, 4) is 0 Å². The van der Waals surface area contributed by atoms with Crippen molar-refractivity contribution in [2.75, 3.05) is 6.61 Å². The topological polar surface area (TPSA) is 181 Å². The molecule has 0 aliphatic carbocycles. The summed E-state index contributed by atoms with van der Waals surface area (Å²) in [7, 11) is 0. The molecule has 2 aromatic rings. The molecule has 0 unspecified atom stereocenters. The molecule has 0 spiro atoms. The van der Waals surface area contributed by atoms with E-state index in [0.717, 1.165) is 26.3 Å². The summed E-state index contributed by atoms with van der Waals surface area (Å²) >= 11 is 5.34. The summed E-state index contributed by atoms with van der Waals surface area (Å²) in [6, 6.07) is 7.03. The molecule has 226 valence electrons. The molecule has 0 radical (unpaired) electrons. The molecule has 2 heterocycles. The molecule has 1 aliphatic rings. The number of aryl methyl sites for hydroxylation is 1. The van der Waals surface area contributed by atoms with E-state index in [1.165, 1.54) is 6.92 Å². The quantitative estimate of drug-likeness (QED) is 0.110. The number of carbonyl (C=O) groups excluding carboxylic acids is 4. The van der Waals surface area contributed by atoms with E-state index in [4.69, 9.17) is 40.3 Å². The summed E-state index contributed by atoms with van der Waals surface area (Å²) in [4.78, 5) is 59.9. The van der Waals surface area contributed by atoms with Gasteiger partial charge in [-0.3, -0.25) is 24.6 Å². The van der Waals surface area contributed by atoms with E-state index in [1.807, 2.05) is 19.1 Å². The van der Waals surface area contributed by atoms with Crippen molar-refractivity contribution in [1.82, 2.24) is 10.7 Å². The van der Waals surface area contributed by atoms with Crippen LogP contribution in [0.5, 0.6) is 0 Å². The molecule has 15 heteroatoms. The molecular weight excluding hydrogens is 574 g/mol. The van der Waals surface area contributed by atoms with Gasteiger partial charge in [0.15, 0.2) is 29.7 Å². The van der Waals surface area contributed by atoms with Gasteiger partial charge in [-0.1, -0.05) is 11.6 Å². The largest absolute Gasteiger partial charge is 0.463 e. The number of rotatable bonds is 8. The van der Waals surface area contributed by atoms with Crippen LogP contribution in [0.4, 0.5) is 0 Å². The van der Waals surface area contributed by atoms with Crippen LogP contribution in [0, 0.1) is 6.92 Å². The second-order valence-electron chi connectivity index (χ2n) is 9.39. The second kappa shape index (κ2) is 14.0. The summed E-state index contributed by atoms with van der Waals surface area (Å²) in [5.41, 5.74) is 3.82. The van der Waals surface area contributed by atoms with Gasteiger partial charge in [0.1, 0.15) is 18.3 Å². The maximum absolute atomic E-state index is 12.5. The van der Waals surface area contributed by atoms with Crippen LogP contribution in [0.1, 0.15) is 45.7 Å². The zero-order valence-electron chi connectivity index (χ0n) is 23.7. The van der Waals surface area contributed by atoms with Crippen molar-refractivity contribution in [2.24, 2.45) is 5.10 Å². The van der Waals surface area contributed by atoms with Crippen LogP contribution in [0.2, 0.25) is 0 Å². The fourth-order valence-corrected chi connectivity index (χ4v) is 4.36. The highest BCUT2D eigenvalue weighted by Crippen LogP contribution is 2.28. The molecule has 1 saturated heterocycles. The number of carbonyl (C=O) groups is 4. The fraction of sp³-hybridized carbons (Fsp3) is 0.444. The monoisotopic (exact) mass is 605 g/mol. The normalized spacial score (nSPS) is 22.0. The van der Waals surface area contributed by atoms with Crippen LogP contribution in [-0.4, -0.2) is 72.0 Å². The lowest BCUT2D eigenvalue weighted by Gasteiger charge is -2.44. The standard InChI is InChI=1S/C27H31N3O11S/c1-12-7-8-20-18(9-12)10-19(26(35)41-20)13(2)29-30-27(42)28-25-24(39-17(6)34)23(38-16(5)33)22(37-15(4)32)21(40-25)11-36-14(3)31/h7-10,21-25H,11H2,1-6H3,(H2,28,30,42)/b29-13+/t21-,22-,23+,24-,25-/m1/s1. The van der Waals surface area contributed by atoms with Crippen LogP contribution in [-0.2, 0) is 42.9 Å². The number of nitrogens with zero attached hydrogens (tertiary/aromatic N) is 1. The van der Waals surface area contributed by atoms with E-state index in [1.54, 1.807) is 19.1 Å². The van der Waals surface area contributed by atoms with Crippen molar-refractivity contribution in [3.63, 3.8) is 0 Å². The predicted octanol–water partition coefficient (Wildman–Crippen LogP) is 1.37. The minimum absolute atomic E-state index is 0.142. The third-order valence-electron chi connectivity index (χ3n) is 5.87. The SMILES string of the molecule is CC(=O)OC[C@H]1O[C@@H](NC(=S)N/N=C(\C)c2cc3cc(C)ccc3oc2=O)[C@H](OC(C)=O)[C@@H](OC(C)=O)[C@@H]1OC(C)=O. The number of benzene rings is 1. The Kier molecular flexibility index (Phi) is 10.7. The third-order valence-corrected chi connectivity index (χ3v) is 6.08. The first-order chi connectivity index (χ1) is 19.7. The molecule has 5 atom stereocenters. The van der Waals surface area contributed by atoms with Crippen molar-refractivity contribution < 1.29 is 47.3 Å². The molecule has 42 heavy (non-hydrogen) atoms. The van der Waals surface area contributed by atoms with E-state index >= 15 is 0 Å². The molecule has 0 saturated carbocycles. The Bertz CT molecular complexity index is 1470. The van der Waals surface area contributed by atoms with Gasteiger partial charge in [-0.05, 0) is 44.3 Å². The molecule has 0 bridgehead atoms. The molecule has 2 N–H and O–H groups in total. The summed E-state index contributed by atoms with van der Waals surface area (Å²) in [6.07, 6.45) is -6.52.